The van der Waals surface area contributed by atoms with E-state index in [0.717, 1.165) is 25.1 Å². The van der Waals surface area contributed by atoms with Crippen LogP contribution in [0.4, 0.5) is 18.9 Å². The minimum absolute atomic E-state index is 0. The fraction of sp³-hybridized carbons (Fsp3) is 0.238. The van der Waals surface area contributed by atoms with E-state index in [9.17, 15) is 18.0 Å². The van der Waals surface area contributed by atoms with Crippen LogP contribution in [0, 0.1) is 17.5 Å². The van der Waals surface area contributed by atoms with Gasteiger partial charge in [0.05, 0.1) is 12.2 Å². The Kier molecular flexibility index (Phi) is 9.16. The smallest absolute Gasteiger partial charge is 0.243 e. The molecular weight excluding hydrogens is 522 g/mol. The van der Waals surface area contributed by atoms with Gasteiger partial charge < -0.3 is 20.5 Å². The van der Waals surface area contributed by atoms with Gasteiger partial charge in [-0.2, -0.15) is 0 Å². The number of rotatable bonds is 7. The number of nitrogens with zero attached hydrogens (tertiary/aromatic N) is 2. The van der Waals surface area contributed by atoms with Crippen LogP contribution in [0.2, 0.25) is 0 Å². The van der Waals surface area contributed by atoms with Crippen LogP contribution < -0.4 is 16.0 Å². The first-order valence-electron chi connectivity index (χ1n) is 9.41. The molecule has 0 saturated heterocycles. The summed E-state index contributed by atoms with van der Waals surface area (Å²) < 4.78 is 42.0. The summed E-state index contributed by atoms with van der Waals surface area (Å²) in [5.41, 5.74) is 0.740. The average molecular weight is 545 g/mol. The minimum Gasteiger partial charge on any atom is -0.356 e. The minimum atomic E-state index is -1.63. The molecule has 6 nitrogen and oxygen atoms in total. The molecule has 166 valence electrons. The van der Waals surface area contributed by atoms with Crippen molar-refractivity contribution >= 4 is 52.4 Å². The van der Waals surface area contributed by atoms with Crippen molar-refractivity contribution in [2.45, 2.75) is 13.0 Å². The zero-order valence-corrected chi connectivity index (χ0v) is 19.1. The first kappa shape index (κ1) is 24.5. The van der Waals surface area contributed by atoms with Crippen molar-refractivity contribution in [1.82, 2.24) is 15.2 Å². The van der Waals surface area contributed by atoms with Crippen molar-refractivity contribution in [1.29, 1.82) is 0 Å². The van der Waals surface area contributed by atoms with Gasteiger partial charge >= 0.3 is 0 Å². The molecule has 3 rings (SSSR count). The Morgan fingerprint density at radius 1 is 1.03 bits per heavy atom. The maximum Gasteiger partial charge on any atom is 0.243 e. The van der Waals surface area contributed by atoms with Crippen LogP contribution in [-0.4, -0.2) is 36.6 Å². The molecule has 31 heavy (non-hydrogen) atoms. The van der Waals surface area contributed by atoms with Gasteiger partial charge in [0.25, 0.3) is 0 Å². The SMILES string of the molecule is CN=C(NCCCn1ccc2ccccc21)NCC(=O)Nc1ccc(F)c(F)c1F.I. The molecule has 0 aliphatic rings. The van der Waals surface area contributed by atoms with E-state index >= 15 is 0 Å². The predicted octanol–water partition coefficient (Wildman–Crippen LogP) is 3.87. The quantitative estimate of drug-likeness (QED) is 0.139. The molecule has 1 amide bonds. The number of aliphatic imine (C=N–C) groups is 1. The topological polar surface area (TPSA) is 70.5 Å². The van der Waals surface area contributed by atoms with E-state index in [0.29, 0.717) is 12.5 Å². The summed E-state index contributed by atoms with van der Waals surface area (Å²) in [6.07, 6.45) is 2.87. The van der Waals surface area contributed by atoms with Crippen molar-refractivity contribution in [3.63, 3.8) is 0 Å². The molecule has 0 fully saturated rings. The highest BCUT2D eigenvalue weighted by molar-refractivity contribution is 14.0. The number of para-hydroxylation sites is 1. The monoisotopic (exact) mass is 545 g/mol. The Morgan fingerprint density at radius 3 is 2.58 bits per heavy atom. The van der Waals surface area contributed by atoms with Crippen molar-refractivity contribution in [3.05, 3.63) is 66.1 Å². The first-order valence-corrected chi connectivity index (χ1v) is 9.41. The molecule has 1 heterocycles. The van der Waals surface area contributed by atoms with Gasteiger partial charge in [0.1, 0.15) is 0 Å². The lowest BCUT2D eigenvalue weighted by Gasteiger charge is -2.13. The predicted molar refractivity (Wildman–Crippen MR) is 126 cm³/mol. The molecule has 1 aromatic heterocycles. The standard InChI is InChI=1S/C21H22F3N5O.HI/c1-25-21(26-10-4-11-29-12-9-14-5-2-3-6-17(14)29)27-13-18(30)28-16-8-7-15(22)19(23)20(16)24;/h2-3,5-9,12H,4,10-11,13H2,1H3,(H,28,30)(H2,25,26,27);1H. The number of fused-ring (bicyclic) bond motifs is 1. The summed E-state index contributed by atoms with van der Waals surface area (Å²) in [5, 5.41) is 9.25. The van der Waals surface area contributed by atoms with Crippen molar-refractivity contribution in [2.24, 2.45) is 4.99 Å². The first-order chi connectivity index (χ1) is 14.5. The van der Waals surface area contributed by atoms with E-state index in [1.165, 1.54) is 10.9 Å². The van der Waals surface area contributed by atoms with Crippen molar-refractivity contribution in [3.8, 4) is 0 Å². The molecule has 3 N–H and O–H groups in total. The van der Waals surface area contributed by atoms with Gasteiger partial charge in [-0.15, -0.1) is 24.0 Å². The molecule has 0 radical (unpaired) electrons. The second-order valence-electron chi connectivity index (χ2n) is 6.55. The lowest BCUT2D eigenvalue weighted by molar-refractivity contribution is -0.115. The molecule has 10 heteroatoms. The van der Waals surface area contributed by atoms with E-state index in [1.807, 2.05) is 18.3 Å². The molecule has 0 aliphatic carbocycles. The number of amides is 1. The van der Waals surface area contributed by atoms with Gasteiger partial charge in [-0.05, 0) is 36.1 Å². The third-order valence-electron chi connectivity index (χ3n) is 4.50. The lowest BCUT2D eigenvalue weighted by Crippen LogP contribution is -2.41. The molecule has 0 saturated carbocycles. The molecule has 3 aromatic rings. The number of halogens is 4. The zero-order valence-electron chi connectivity index (χ0n) is 16.8. The zero-order chi connectivity index (χ0) is 21.5. The molecule has 0 unspecified atom stereocenters. The van der Waals surface area contributed by atoms with Crippen LogP contribution in [-0.2, 0) is 11.3 Å². The van der Waals surface area contributed by atoms with E-state index in [1.54, 1.807) is 7.05 Å². The number of anilines is 1. The van der Waals surface area contributed by atoms with Crippen LogP contribution >= 0.6 is 24.0 Å². The number of carbonyl (C=O) groups excluding carboxylic acids is 1. The van der Waals surface area contributed by atoms with Crippen LogP contribution in [0.25, 0.3) is 10.9 Å². The van der Waals surface area contributed by atoms with Gasteiger partial charge in [0, 0.05) is 31.9 Å². The molecule has 2 aromatic carbocycles. The number of aryl methyl sites for hydroxylation is 1. The van der Waals surface area contributed by atoms with Gasteiger partial charge in [-0.3, -0.25) is 9.79 Å². The van der Waals surface area contributed by atoms with E-state index in [2.05, 4.69) is 43.7 Å². The van der Waals surface area contributed by atoms with Gasteiger partial charge in [-0.1, -0.05) is 18.2 Å². The maximum absolute atomic E-state index is 13.6. The van der Waals surface area contributed by atoms with Crippen molar-refractivity contribution in [2.75, 3.05) is 25.5 Å². The van der Waals surface area contributed by atoms with Crippen molar-refractivity contribution < 1.29 is 18.0 Å². The summed E-state index contributed by atoms with van der Waals surface area (Å²) in [6.45, 7) is 1.21. The Labute approximate surface area is 194 Å². The van der Waals surface area contributed by atoms with E-state index in [-0.39, 0.29) is 30.5 Å². The van der Waals surface area contributed by atoms with Crippen LogP contribution in [0.3, 0.4) is 0 Å². The summed E-state index contributed by atoms with van der Waals surface area (Å²) in [7, 11) is 1.56. The number of hydrogen-bond donors (Lipinski definition) is 3. The second-order valence-corrected chi connectivity index (χ2v) is 6.55. The van der Waals surface area contributed by atoms with E-state index in [4.69, 9.17) is 0 Å². The van der Waals surface area contributed by atoms with Crippen LogP contribution in [0.5, 0.6) is 0 Å². The van der Waals surface area contributed by atoms with Gasteiger partial charge in [0.2, 0.25) is 5.91 Å². The highest BCUT2D eigenvalue weighted by Gasteiger charge is 2.15. The third-order valence-corrected chi connectivity index (χ3v) is 4.50. The van der Waals surface area contributed by atoms with Crippen LogP contribution in [0.1, 0.15) is 6.42 Å². The van der Waals surface area contributed by atoms with Crippen LogP contribution in [0.15, 0.2) is 53.7 Å². The molecule has 0 aliphatic heterocycles. The number of aromatic nitrogens is 1. The lowest BCUT2D eigenvalue weighted by atomic mass is 10.2. The molecule has 0 atom stereocenters. The number of nitrogens with one attached hydrogen (secondary N) is 3. The Hall–Kier alpha value is -2.76. The Bertz CT molecular complexity index is 1070. The highest BCUT2D eigenvalue weighted by atomic mass is 127. The van der Waals surface area contributed by atoms with Gasteiger partial charge in [-0.25, -0.2) is 13.2 Å². The number of carbonyl (C=O) groups is 1. The number of benzene rings is 2. The third kappa shape index (κ3) is 6.36. The molecular formula is C21H23F3IN5O. The Morgan fingerprint density at radius 2 is 1.81 bits per heavy atom. The highest BCUT2D eigenvalue weighted by Crippen LogP contribution is 2.19. The fourth-order valence-corrected chi connectivity index (χ4v) is 2.99. The number of hydrogen-bond acceptors (Lipinski definition) is 2. The van der Waals surface area contributed by atoms with E-state index < -0.39 is 29.0 Å². The second kappa shape index (κ2) is 11.6. The largest absolute Gasteiger partial charge is 0.356 e. The fourth-order valence-electron chi connectivity index (χ4n) is 2.99. The summed E-state index contributed by atoms with van der Waals surface area (Å²) in [4.78, 5) is 16.0. The summed E-state index contributed by atoms with van der Waals surface area (Å²) >= 11 is 0. The number of guanidine groups is 1. The van der Waals surface area contributed by atoms with Gasteiger partial charge in [0.15, 0.2) is 23.4 Å². The average Bonchev–Trinajstić information content (AvgIpc) is 3.17. The molecule has 0 bridgehead atoms. The maximum atomic E-state index is 13.6. The normalized spacial score (nSPS) is 11.2. The Balaban J connectivity index is 0.00000341. The summed E-state index contributed by atoms with van der Waals surface area (Å²) in [6, 6.07) is 11.9. The summed E-state index contributed by atoms with van der Waals surface area (Å²) in [5.74, 6) is -4.62. The molecule has 0 spiro atoms.